The molecule has 2 aromatic rings. The van der Waals surface area contributed by atoms with E-state index in [1.807, 2.05) is 0 Å². The molecule has 0 aliphatic carbocycles. The quantitative estimate of drug-likeness (QED) is 0.614. The average Bonchev–Trinajstić information content (AvgIpc) is 2.59. The maximum absolute atomic E-state index is 13.2. The largest absolute Gasteiger partial charge is 0.481 e. The number of hydrogen-bond donors (Lipinski definition) is 2. The minimum absolute atomic E-state index is 0.139. The van der Waals surface area contributed by atoms with Crippen LogP contribution in [0.1, 0.15) is 49.3 Å². The van der Waals surface area contributed by atoms with Gasteiger partial charge in [-0.2, -0.15) is 0 Å². The Balaban J connectivity index is 1.92. The molecule has 0 heterocycles. The van der Waals surface area contributed by atoms with Crippen LogP contribution in [0.15, 0.2) is 48.5 Å². The molecule has 2 rings (SSSR count). The third kappa shape index (κ3) is 6.63. The molecule has 0 amide bonds. The highest BCUT2D eigenvalue weighted by molar-refractivity contribution is 5.66. The minimum Gasteiger partial charge on any atom is -0.481 e. The van der Waals surface area contributed by atoms with E-state index in [2.05, 4.69) is 5.32 Å². The van der Waals surface area contributed by atoms with E-state index in [1.165, 1.54) is 24.3 Å². The number of rotatable bonds is 10. The van der Waals surface area contributed by atoms with Gasteiger partial charge in [0.1, 0.15) is 11.6 Å². The van der Waals surface area contributed by atoms with Crippen LogP contribution in [0.4, 0.5) is 8.78 Å². The van der Waals surface area contributed by atoms with Crippen molar-refractivity contribution < 1.29 is 18.7 Å². The van der Waals surface area contributed by atoms with Crippen molar-refractivity contribution in [1.82, 2.24) is 5.32 Å². The average molecular weight is 347 g/mol. The van der Waals surface area contributed by atoms with Crippen molar-refractivity contribution in [3.63, 3.8) is 0 Å². The summed E-state index contributed by atoms with van der Waals surface area (Å²) in [6.45, 7) is 0.743. The monoisotopic (exact) mass is 347 g/mol. The van der Waals surface area contributed by atoms with Gasteiger partial charge in [0.25, 0.3) is 0 Å². The number of halogens is 2. The topological polar surface area (TPSA) is 49.3 Å². The van der Waals surface area contributed by atoms with Crippen molar-refractivity contribution in [2.45, 2.75) is 38.1 Å². The van der Waals surface area contributed by atoms with E-state index in [0.29, 0.717) is 6.42 Å². The molecule has 0 saturated heterocycles. The number of benzene rings is 2. The van der Waals surface area contributed by atoms with Gasteiger partial charge in [-0.25, -0.2) is 8.78 Å². The Labute approximate surface area is 146 Å². The number of aliphatic carboxylic acids is 1. The molecule has 3 nitrogen and oxygen atoms in total. The summed E-state index contributed by atoms with van der Waals surface area (Å²) in [7, 11) is 0. The second-order valence-electron chi connectivity index (χ2n) is 6.05. The van der Waals surface area contributed by atoms with Gasteiger partial charge in [0.15, 0.2) is 0 Å². The van der Waals surface area contributed by atoms with Crippen molar-refractivity contribution in [2.75, 3.05) is 6.54 Å². The highest BCUT2D eigenvalue weighted by Crippen LogP contribution is 2.23. The summed E-state index contributed by atoms with van der Waals surface area (Å²) in [5.41, 5.74) is 1.83. The van der Waals surface area contributed by atoms with E-state index in [1.54, 1.807) is 24.3 Å². The van der Waals surface area contributed by atoms with E-state index < -0.39 is 5.97 Å². The first-order valence-corrected chi connectivity index (χ1v) is 8.52. The SMILES string of the molecule is O=C(O)CCCCCCNC(c1ccc(F)cc1)c1ccc(F)cc1. The van der Waals surface area contributed by atoms with Gasteiger partial charge in [0.05, 0.1) is 6.04 Å². The van der Waals surface area contributed by atoms with E-state index >= 15 is 0 Å². The van der Waals surface area contributed by atoms with Crippen LogP contribution in [0.2, 0.25) is 0 Å². The predicted molar refractivity (Wildman–Crippen MR) is 93.4 cm³/mol. The van der Waals surface area contributed by atoms with E-state index in [0.717, 1.165) is 36.9 Å². The molecule has 0 spiro atoms. The van der Waals surface area contributed by atoms with E-state index in [9.17, 15) is 13.6 Å². The maximum atomic E-state index is 13.2. The number of unbranched alkanes of at least 4 members (excludes halogenated alkanes) is 3. The van der Waals surface area contributed by atoms with Crippen LogP contribution in [-0.4, -0.2) is 17.6 Å². The minimum atomic E-state index is -0.759. The fraction of sp³-hybridized carbons (Fsp3) is 0.350. The van der Waals surface area contributed by atoms with Crippen molar-refractivity contribution in [3.8, 4) is 0 Å². The summed E-state index contributed by atoms with van der Waals surface area (Å²) in [6, 6.07) is 12.4. The normalized spacial score (nSPS) is 11.0. The number of carboxylic acid groups (broad SMARTS) is 1. The van der Waals surface area contributed by atoms with Gasteiger partial charge in [0.2, 0.25) is 0 Å². The second-order valence-corrected chi connectivity index (χ2v) is 6.05. The van der Waals surface area contributed by atoms with E-state index in [4.69, 9.17) is 5.11 Å². The van der Waals surface area contributed by atoms with E-state index in [-0.39, 0.29) is 24.1 Å². The Kier molecular flexibility index (Phi) is 7.54. The molecule has 0 fully saturated rings. The van der Waals surface area contributed by atoms with Crippen LogP contribution in [0.3, 0.4) is 0 Å². The number of carbonyl (C=O) groups is 1. The third-order valence-electron chi connectivity index (χ3n) is 4.07. The van der Waals surface area contributed by atoms with Crippen molar-refractivity contribution >= 4 is 5.97 Å². The number of nitrogens with one attached hydrogen (secondary N) is 1. The molecule has 0 saturated carbocycles. The molecule has 2 N–H and O–H groups in total. The Morgan fingerprint density at radius 3 is 1.80 bits per heavy atom. The van der Waals surface area contributed by atoms with Gasteiger partial charge in [0, 0.05) is 6.42 Å². The highest BCUT2D eigenvalue weighted by atomic mass is 19.1. The Bertz CT molecular complexity index is 611. The van der Waals surface area contributed by atoms with Gasteiger partial charge in [-0.05, 0) is 54.8 Å². The second kappa shape index (κ2) is 9.89. The van der Waals surface area contributed by atoms with Gasteiger partial charge < -0.3 is 10.4 Å². The summed E-state index contributed by atoms with van der Waals surface area (Å²) in [4.78, 5) is 10.5. The van der Waals surface area contributed by atoms with Gasteiger partial charge in [-0.3, -0.25) is 4.79 Å². The molecule has 0 aliphatic rings. The summed E-state index contributed by atoms with van der Waals surface area (Å²) in [6.07, 6.45) is 3.64. The molecule has 0 aromatic heterocycles. The van der Waals surface area contributed by atoms with Gasteiger partial charge in [-0.15, -0.1) is 0 Å². The fourth-order valence-corrected chi connectivity index (χ4v) is 2.74. The molecule has 0 unspecified atom stereocenters. The van der Waals surface area contributed by atoms with Crippen LogP contribution in [0.25, 0.3) is 0 Å². The number of hydrogen-bond acceptors (Lipinski definition) is 2. The Morgan fingerprint density at radius 2 is 1.32 bits per heavy atom. The molecule has 0 aliphatic heterocycles. The Hall–Kier alpha value is -2.27. The molecule has 5 heteroatoms. The van der Waals surface area contributed by atoms with Crippen molar-refractivity contribution in [3.05, 3.63) is 71.3 Å². The summed E-state index contributed by atoms with van der Waals surface area (Å²) >= 11 is 0. The zero-order valence-electron chi connectivity index (χ0n) is 14.1. The molecule has 0 atom stereocenters. The summed E-state index contributed by atoms with van der Waals surface area (Å²) in [5.74, 6) is -1.34. The van der Waals surface area contributed by atoms with Crippen LogP contribution >= 0.6 is 0 Å². The molecular formula is C20H23F2NO2. The molecule has 25 heavy (non-hydrogen) atoms. The van der Waals surface area contributed by atoms with Crippen molar-refractivity contribution in [1.29, 1.82) is 0 Å². The van der Waals surface area contributed by atoms with Crippen LogP contribution in [0.5, 0.6) is 0 Å². The molecule has 0 radical (unpaired) electrons. The lowest BCUT2D eigenvalue weighted by Crippen LogP contribution is -2.23. The summed E-state index contributed by atoms with van der Waals surface area (Å²) in [5, 5.41) is 12.0. The van der Waals surface area contributed by atoms with Crippen LogP contribution < -0.4 is 5.32 Å². The zero-order chi connectivity index (χ0) is 18.1. The van der Waals surface area contributed by atoms with Gasteiger partial charge >= 0.3 is 5.97 Å². The summed E-state index contributed by atoms with van der Waals surface area (Å²) < 4.78 is 26.4. The van der Waals surface area contributed by atoms with Crippen LogP contribution in [0, 0.1) is 11.6 Å². The molecular weight excluding hydrogens is 324 g/mol. The maximum Gasteiger partial charge on any atom is 0.303 e. The Morgan fingerprint density at radius 1 is 0.840 bits per heavy atom. The highest BCUT2D eigenvalue weighted by Gasteiger charge is 2.13. The first-order valence-electron chi connectivity index (χ1n) is 8.52. The standard InChI is InChI=1S/C20H23F2NO2/c21-17-10-6-15(7-11-17)20(16-8-12-18(22)13-9-16)23-14-4-2-1-3-5-19(24)25/h6-13,20,23H,1-5,14H2,(H,24,25). The molecule has 2 aromatic carbocycles. The third-order valence-corrected chi connectivity index (χ3v) is 4.07. The first kappa shape index (κ1) is 19.1. The molecule has 0 bridgehead atoms. The van der Waals surface area contributed by atoms with Gasteiger partial charge in [-0.1, -0.05) is 37.1 Å². The lowest BCUT2D eigenvalue weighted by molar-refractivity contribution is -0.137. The zero-order valence-corrected chi connectivity index (χ0v) is 14.1. The molecule has 134 valence electrons. The lowest BCUT2D eigenvalue weighted by atomic mass is 9.98. The number of carboxylic acids is 1. The van der Waals surface area contributed by atoms with Crippen molar-refractivity contribution in [2.24, 2.45) is 0 Å². The lowest BCUT2D eigenvalue weighted by Gasteiger charge is -2.20. The van der Waals surface area contributed by atoms with Crippen LogP contribution in [-0.2, 0) is 4.79 Å². The first-order chi connectivity index (χ1) is 12.1. The fourth-order valence-electron chi connectivity index (χ4n) is 2.74. The predicted octanol–water partition coefficient (Wildman–Crippen LogP) is 4.68. The smallest absolute Gasteiger partial charge is 0.303 e.